The van der Waals surface area contributed by atoms with Crippen molar-refractivity contribution in [3.05, 3.63) is 0 Å². The summed E-state index contributed by atoms with van der Waals surface area (Å²) in [6.45, 7) is 21.4. The van der Waals surface area contributed by atoms with Gasteiger partial charge >= 0.3 is 6.09 Å². The smallest absolute Gasteiger partial charge is 0.410 e. The molecule has 0 aromatic heterocycles. The van der Waals surface area contributed by atoms with Crippen LogP contribution in [0.3, 0.4) is 0 Å². The third-order valence-corrected chi connectivity index (χ3v) is 6.43. The molecular weight excluding hydrogens is 411 g/mol. The van der Waals surface area contributed by atoms with E-state index in [-0.39, 0.29) is 30.9 Å². The van der Waals surface area contributed by atoms with Crippen molar-refractivity contribution in [2.75, 3.05) is 39.3 Å². The van der Waals surface area contributed by atoms with Crippen LogP contribution >= 0.6 is 24.8 Å². The quantitative estimate of drug-likeness (QED) is 0.697. The maximum absolute atomic E-state index is 11.9. The lowest BCUT2D eigenvalue weighted by Gasteiger charge is -2.46. The molecule has 4 heterocycles. The Morgan fingerprint density at radius 2 is 1.41 bits per heavy atom. The lowest BCUT2D eigenvalue weighted by Crippen LogP contribution is -2.58. The summed E-state index contributed by atoms with van der Waals surface area (Å²) in [5.74, 6) is 1.63. The molecule has 4 rings (SSSR count). The van der Waals surface area contributed by atoms with Crippen LogP contribution in [0, 0.1) is 11.8 Å². The molecule has 4 aliphatic heterocycles. The van der Waals surface area contributed by atoms with Gasteiger partial charge < -0.3 is 15.0 Å². The van der Waals surface area contributed by atoms with E-state index < -0.39 is 5.60 Å². The molecule has 0 aromatic carbocycles. The number of amides is 1. The average Bonchev–Trinajstić information content (AvgIpc) is 2.99. The lowest BCUT2D eigenvalue weighted by molar-refractivity contribution is 0.0202. The van der Waals surface area contributed by atoms with Crippen molar-refractivity contribution in [2.45, 2.75) is 78.2 Å². The van der Waals surface area contributed by atoms with E-state index in [1.165, 1.54) is 19.6 Å². The van der Waals surface area contributed by atoms with Gasteiger partial charge in [0.1, 0.15) is 5.60 Å². The molecular formula is C21H42Cl2N4O2. The Bertz CT molecular complexity index is 541. The highest BCUT2D eigenvalue weighted by Crippen LogP contribution is 2.34. The van der Waals surface area contributed by atoms with Crippen LogP contribution in [0.2, 0.25) is 0 Å². The normalized spacial score (nSPS) is 30.9. The molecule has 0 radical (unpaired) electrons. The number of rotatable bonds is 2. The zero-order chi connectivity index (χ0) is 19.9. The highest BCUT2D eigenvalue weighted by molar-refractivity contribution is 5.85. The monoisotopic (exact) mass is 452 g/mol. The van der Waals surface area contributed by atoms with Gasteiger partial charge in [-0.2, -0.15) is 0 Å². The number of halogens is 2. The first-order valence-corrected chi connectivity index (χ1v) is 10.8. The van der Waals surface area contributed by atoms with E-state index in [1.54, 1.807) is 0 Å². The number of ether oxygens (including phenoxy) is 1. The molecule has 4 atom stereocenters. The summed E-state index contributed by atoms with van der Waals surface area (Å²) in [6.07, 6.45) is -0.157. The highest BCUT2D eigenvalue weighted by atomic mass is 35.5. The number of nitrogens with one attached hydrogen (secondary N) is 1. The average molecular weight is 453 g/mol. The van der Waals surface area contributed by atoms with Gasteiger partial charge in [0.15, 0.2) is 0 Å². The molecule has 29 heavy (non-hydrogen) atoms. The molecule has 0 aromatic rings. The Hall–Kier alpha value is -0.270. The van der Waals surface area contributed by atoms with Gasteiger partial charge in [-0.15, -0.1) is 24.8 Å². The minimum absolute atomic E-state index is 0. The van der Waals surface area contributed by atoms with E-state index >= 15 is 0 Å². The molecule has 1 N–H and O–H groups in total. The first-order chi connectivity index (χ1) is 12.6. The summed E-state index contributed by atoms with van der Waals surface area (Å²) < 4.78 is 5.41. The van der Waals surface area contributed by atoms with Gasteiger partial charge in [0.05, 0.1) is 0 Å². The lowest BCUT2D eigenvalue weighted by atomic mass is 9.90. The molecule has 0 spiro atoms. The molecule has 1 amide bonds. The van der Waals surface area contributed by atoms with Crippen molar-refractivity contribution in [1.82, 2.24) is 20.0 Å². The molecule has 4 saturated heterocycles. The van der Waals surface area contributed by atoms with E-state index in [0.29, 0.717) is 18.0 Å². The number of carbonyl (C=O) groups excluding carboxylic acids is 1. The van der Waals surface area contributed by atoms with Gasteiger partial charge in [-0.1, -0.05) is 0 Å². The summed E-state index contributed by atoms with van der Waals surface area (Å²) in [7, 11) is 0. The fourth-order valence-corrected chi connectivity index (χ4v) is 4.90. The number of likely N-dealkylation sites (tertiary alicyclic amines) is 3. The zero-order valence-corrected chi connectivity index (χ0v) is 20.8. The van der Waals surface area contributed by atoms with Gasteiger partial charge in [0.2, 0.25) is 0 Å². The summed E-state index contributed by atoms with van der Waals surface area (Å²) in [5, 5.41) is 3.43. The SMILES string of the molecule is CC(C)N1CC2CN(C(=O)OC(C)(C)C)CC21.CC(C)N1CC2CNCC21.Cl.Cl. The van der Waals surface area contributed by atoms with Gasteiger partial charge in [-0.25, -0.2) is 4.79 Å². The Morgan fingerprint density at radius 1 is 0.862 bits per heavy atom. The largest absolute Gasteiger partial charge is 0.444 e. The molecule has 0 saturated carbocycles. The molecule has 4 fully saturated rings. The van der Waals surface area contributed by atoms with Crippen molar-refractivity contribution in [3.8, 4) is 0 Å². The Morgan fingerprint density at radius 3 is 1.93 bits per heavy atom. The molecule has 172 valence electrons. The number of fused-ring (bicyclic) bond motifs is 2. The maximum Gasteiger partial charge on any atom is 0.410 e. The van der Waals surface area contributed by atoms with Crippen molar-refractivity contribution in [3.63, 3.8) is 0 Å². The topological polar surface area (TPSA) is 48.1 Å². The van der Waals surface area contributed by atoms with E-state index in [9.17, 15) is 4.79 Å². The van der Waals surface area contributed by atoms with E-state index in [4.69, 9.17) is 4.74 Å². The molecule has 4 unspecified atom stereocenters. The van der Waals surface area contributed by atoms with E-state index in [0.717, 1.165) is 37.6 Å². The van der Waals surface area contributed by atoms with Crippen molar-refractivity contribution < 1.29 is 9.53 Å². The fourth-order valence-electron chi connectivity index (χ4n) is 4.90. The molecule has 0 bridgehead atoms. The number of nitrogens with zero attached hydrogens (tertiary/aromatic N) is 3. The van der Waals surface area contributed by atoms with Crippen LogP contribution in [0.25, 0.3) is 0 Å². The number of carbonyl (C=O) groups is 1. The minimum Gasteiger partial charge on any atom is -0.444 e. The molecule has 0 aliphatic carbocycles. The molecule has 6 nitrogen and oxygen atoms in total. The predicted octanol–water partition coefficient (Wildman–Crippen LogP) is 3.09. The Labute approximate surface area is 189 Å². The van der Waals surface area contributed by atoms with Gasteiger partial charge in [0.25, 0.3) is 0 Å². The highest BCUT2D eigenvalue weighted by Gasteiger charge is 2.48. The van der Waals surface area contributed by atoms with Crippen molar-refractivity contribution in [1.29, 1.82) is 0 Å². The van der Waals surface area contributed by atoms with Crippen LogP contribution < -0.4 is 5.32 Å². The predicted molar refractivity (Wildman–Crippen MR) is 123 cm³/mol. The summed E-state index contributed by atoms with van der Waals surface area (Å²) >= 11 is 0. The maximum atomic E-state index is 11.9. The Kier molecular flexibility index (Phi) is 9.56. The van der Waals surface area contributed by atoms with E-state index in [2.05, 4.69) is 42.8 Å². The van der Waals surface area contributed by atoms with Crippen LogP contribution in [-0.2, 0) is 4.74 Å². The second kappa shape index (κ2) is 10.4. The summed E-state index contributed by atoms with van der Waals surface area (Å²) in [5.41, 5.74) is -0.392. The van der Waals surface area contributed by atoms with Crippen LogP contribution in [0.5, 0.6) is 0 Å². The van der Waals surface area contributed by atoms with Crippen LogP contribution in [-0.4, -0.2) is 89.8 Å². The number of hydrogen-bond acceptors (Lipinski definition) is 5. The van der Waals surface area contributed by atoms with Crippen molar-refractivity contribution in [2.24, 2.45) is 11.8 Å². The first kappa shape index (κ1) is 26.8. The zero-order valence-electron chi connectivity index (χ0n) is 19.2. The second-order valence-electron chi connectivity index (χ2n) is 10.3. The van der Waals surface area contributed by atoms with Gasteiger partial charge in [-0.3, -0.25) is 9.80 Å². The van der Waals surface area contributed by atoms with Gasteiger partial charge in [0, 0.05) is 75.3 Å². The Balaban J connectivity index is 0.000000301. The molecule has 4 aliphatic rings. The summed E-state index contributed by atoms with van der Waals surface area (Å²) in [6, 6.07) is 2.76. The second-order valence-corrected chi connectivity index (χ2v) is 10.3. The minimum atomic E-state index is -0.392. The third-order valence-electron chi connectivity index (χ3n) is 6.43. The molecule has 8 heteroatoms. The van der Waals surface area contributed by atoms with Gasteiger partial charge in [-0.05, 0) is 48.5 Å². The first-order valence-electron chi connectivity index (χ1n) is 10.8. The number of hydrogen-bond donors (Lipinski definition) is 1. The fraction of sp³-hybridized carbons (Fsp3) is 0.952. The summed E-state index contributed by atoms with van der Waals surface area (Å²) in [4.78, 5) is 18.9. The standard InChI is InChI=1S/C13H24N2O2.C8H16N2.2ClH/c1-9(2)15-7-10-6-14(8-11(10)15)12(16)17-13(3,4)5;1-6(2)10-5-7-3-9-4-8(7)10;;/h9-11H,6-8H2,1-5H3;6-9H,3-5H2,1-2H3;2*1H. The van der Waals surface area contributed by atoms with Crippen LogP contribution in [0.15, 0.2) is 0 Å². The van der Waals surface area contributed by atoms with E-state index in [1.807, 2.05) is 25.7 Å². The van der Waals surface area contributed by atoms with Crippen LogP contribution in [0.1, 0.15) is 48.5 Å². The van der Waals surface area contributed by atoms with Crippen molar-refractivity contribution >= 4 is 30.9 Å². The third kappa shape index (κ3) is 6.13. The van der Waals surface area contributed by atoms with Crippen LogP contribution in [0.4, 0.5) is 4.79 Å².